The van der Waals surface area contributed by atoms with Crippen molar-refractivity contribution in [1.82, 2.24) is 15.0 Å². The van der Waals surface area contributed by atoms with Gasteiger partial charge in [0.05, 0.1) is 11.0 Å². The number of carboxylic acid groups (broad SMARTS) is 1. The smallest absolute Gasteiger partial charge is 0.449 e. The first-order valence-electron chi connectivity index (χ1n) is 7.91. The summed E-state index contributed by atoms with van der Waals surface area (Å²) < 4.78 is 5.57. The van der Waals surface area contributed by atoms with E-state index in [-0.39, 0.29) is 11.8 Å². The largest absolute Gasteiger partial charge is 0.511 e. The first kappa shape index (κ1) is 18.1. The molecule has 134 valence electrons. The monoisotopic (exact) mass is 416 g/mol. The topological polar surface area (TPSA) is 88.4 Å². The summed E-state index contributed by atoms with van der Waals surface area (Å²) in [5.74, 6) is 0.884. The third kappa shape index (κ3) is 3.75. The second-order valence-electron chi connectivity index (χ2n) is 6.01. The zero-order chi connectivity index (χ0) is 18.8. The molecule has 8 heteroatoms. The van der Waals surface area contributed by atoms with Crippen LogP contribution in [0.4, 0.5) is 10.6 Å². The first-order chi connectivity index (χ1) is 12.3. The minimum Gasteiger partial charge on any atom is -0.449 e. The Kier molecular flexibility index (Phi) is 5.03. The highest BCUT2D eigenvalue weighted by Crippen LogP contribution is 2.32. The van der Waals surface area contributed by atoms with E-state index in [1.54, 1.807) is 30.6 Å². The Morgan fingerprint density at radius 1 is 1.19 bits per heavy atom. The maximum absolute atomic E-state index is 10.8. The summed E-state index contributed by atoms with van der Waals surface area (Å²) in [5, 5.41) is 8.80. The van der Waals surface area contributed by atoms with Crippen molar-refractivity contribution in [3.63, 3.8) is 0 Å². The van der Waals surface area contributed by atoms with Gasteiger partial charge >= 0.3 is 6.16 Å². The van der Waals surface area contributed by atoms with Crippen molar-refractivity contribution in [3.8, 4) is 17.0 Å². The van der Waals surface area contributed by atoms with E-state index in [9.17, 15) is 4.79 Å². The number of rotatable bonds is 4. The van der Waals surface area contributed by atoms with Gasteiger partial charge < -0.3 is 14.7 Å². The molecule has 7 nitrogen and oxygen atoms in total. The average molecular weight is 417 g/mol. The highest BCUT2D eigenvalue weighted by molar-refractivity contribution is 9.10. The Labute approximate surface area is 158 Å². The Morgan fingerprint density at radius 3 is 2.62 bits per heavy atom. The van der Waals surface area contributed by atoms with E-state index in [2.05, 4.69) is 34.8 Å². The molecular formula is C18H17BrN4O3. The Bertz CT molecular complexity index is 978. The quantitative estimate of drug-likeness (QED) is 0.499. The van der Waals surface area contributed by atoms with Crippen molar-refractivity contribution in [2.24, 2.45) is 0 Å². The maximum atomic E-state index is 10.8. The molecule has 26 heavy (non-hydrogen) atoms. The summed E-state index contributed by atoms with van der Waals surface area (Å²) in [5.41, 5.74) is 2.73. The summed E-state index contributed by atoms with van der Waals surface area (Å²) in [6, 6.07) is 6.94. The van der Waals surface area contributed by atoms with Crippen molar-refractivity contribution < 1.29 is 14.6 Å². The van der Waals surface area contributed by atoms with E-state index in [0.29, 0.717) is 22.5 Å². The van der Waals surface area contributed by atoms with Crippen LogP contribution in [0.3, 0.4) is 0 Å². The standard InChI is InChI=1S/C18H17BrN4O3/c1-10(2)23(3)17-16(11-6-12(19)9-20-8-11)21-14-5-4-13(26-18(24)25)7-15(14)22-17/h4-10H,1-3H3,(H,24,25). The lowest BCUT2D eigenvalue weighted by Gasteiger charge is -2.25. The van der Waals surface area contributed by atoms with Crippen molar-refractivity contribution in [2.45, 2.75) is 19.9 Å². The fourth-order valence-electron chi connectivity index (χ4n) is 2.41. The van der Waals surface area contributed by atoms with Gasteiger partial charge in [-0.3, -0.25) is 4.98 Å². The number of carbonyl (C=O) groups is 1. The Balaban J connectivity index is 2.21. The van der Waals surface area contributed by atoms with Crippen LogP contribution in [0, 0.1) is 0 Å². The molecule has 0 aliphatic rings. The van der Waals surface area contributed by atoms with Gasteiger partial charge in [0.15, 0.2) is 5.82 Å². The van der Waals surface area contributed by atoms with Crippen molar-refractivity contribution in [3.05, 3.63) is 41.1 Å². The molecule has 0 aliphatic heterocycles. The number of benzene rings is 1. The van der Waals surface area contributed by atoms with E-state index in [4.69, 9.17) is 19.8 Å². The number of nitrogens with zero attached hydrogens (tertiary/aromatic N) is 4. The molecule has 0 spiro atoms. The lowest BCUT2D eigenvalue weighted by atomic mass is 10.1. The molecule has 1 N–H and O–H groups in total. The minimum absolute atomic E-state index is 0.194. The molecule has 3 rings (SSSR count). The average Bonchev–Trinajstić information content (AvgIpc) is 2.59. The van der Waals surface area contributed by atoms with Gasteiger partial charge in [-0.25, -0.2) is 14.8 Å². The Hall–Kier alpha value is -2.74. The fraction of sp³-hybridized carbons (Fsp3) is 0.222. The number of aromatic nitrogens is 3. The predicted octanol–water partition coefficient (Wildman–Crippen LogP) is 4.36. The SMILES string of the molecule is CC(C)N(C)c1nc2cc(OC(=O)O)ccc2nc1-c1cncc(Br)c1. The van der Waals surface area contributed by atoms with Crippen LogP contribution in [0.2, 0.25) is 0 Å². The summed E-state index contributed by atoms with van der Waals surface area (Å²) in [6.07, 6.45) is 2.08. The van der Waals surface area contributed by atoms with E-state index >= 15 is 0 Å². The van der Waals surface area contributed by atoms with E-state index in [1.165, 1.54) is 0 Å². The van der Waals surface area contributed by atoms with Gasteiger partial charge in [-0.2, -0.15) is 0 Å². The van der Waals surface area contributed by atoms with E-state index < -0.39 is 6.16 Å². The van der Waals surface area contributed by atoms with Gasteiger partial charge in [-0.05, 0) is 48.0 Å². The summed E-state index contributed by atoms with van der Waals surface area (Å²) in [4.78, 5) is 26.4. The van der Waals surface area contributed by atoms with Gasteiger partial charge in [-0.1, -0.05) is 0 Å². The number of fused-ring (bicyclic) bond motifs is 1. The zero-order valence-corrected chi connectivity index (χ0v) is 16.1. The summed E-state index contributed by atoms with van der Waals surface area (Å²) >= 11 is 3.44. The lowest BCUT2D eigenvalue weighted by Crippen LogP contribution is -2.27. The van der Waals surface area contributed by atoms with E-state index in [1.807, 2.05) is 18.0 Å². The lowest BCUT2D eigenvalue weighted by molar-refractivity contribution is 0.144. The van der Waals surface area contributed by atoms with Crippen molar-refractivity contribution in [2.75, 3.05) is 11.9 Å². The molecule has 0 atom stereocenters. The molecule has 0 bridgehead atoms. The third-order valence-corrected chi connectivity index (χ3v) is 4.34. The molecule has 0 unspecified atom stereocenters. The van der Waals surface area contributed by atoms with Crippen LogP contribution in [0.5, 0.6) is 5.75 Å². The van der Waals surface area contributed by atoms with Crippen LogP contribution < -0.4 is 9.64 Å². The first-order valence-corrected chi connectivity index (χ1v) is 8.71. The maximum Gasteiger partial charge on any atom is 0.511 e. The molecule has 0 saturated carbocycles. The zero-order valence-electron chi connectivity index (χ0n) is 14.5. The molecule has 2 heterocycles. The van der Waals surface area contributed by atoms with Crippen LogP contribution in [0.15, 0.2) is 41.1 Å². The van der Waals surface area contributed by atoms with Gasteiger partial charge in [0.2, 0.25) is 0 Å². The minimum atomic E-state index is -1.37. The van der Waals surface area contributed by atoms with Gasteiger partial charge in [0, 0.05) is 41.6 Å². The van der Waals surface area contributed by atoms with Crippen LogP contribution in [0.25, 0.3) is 22.3 Å². The van der Waals surface area contributed by atoms with Crippen LogP contribution in [0.1, 0.15) is 13.8 Å². The Morgan fingerprint density at radius 2 is 1.96 bits per heavy atom. The van der Waals surface area contributed by atoms with Gasteiger partial charge in [-0.15, -0.1) is 0 Å². The molecule has 0 radical (unpaired) electrons. The summed E-state index contributed by atoms with van der Waals surface area (Å²) in [7, 11) is 1.94. The second kappa shape index (κ2) is 7.25. The second-order valence-corrected chi connectivity index (χ2v) is 6.93. The van der Waals surface area contributed by atoms with Gasteiger partial charge in [0.25, 0.3) is 0 Å². The van der Waals surface area contributed by atoms with Crippen LogP contribution in [-0.2, 0) is 0 Å². The number of hydrogen-bond acceptors (Lipinski definition) is 6. The number of pyridine rings is 1. The molecular weight excluding hydrogens is 400 g/mol. The highest BCUT2D eigenvalue weighted by atomic mass is 79.9. The normalized spacial score (nSPS) is 11.0. The fourth-order valence-corrected chi connectivity index (χ4v) is 2.78. The van der Waals surface area contributed by atoms with Crippen molar-refractivity contribution in [1.29, 1.82) is 0 Å². The molecule has 0 fully saturated rings. The third-order valence-electron chi connectivity index (χ3n) is 3.91. The predicted molar refractivity (Wildman–Crippen MR) is 103 cm³/mol. The number of anilines is 1. The van der Waals surface area contributed by atoms with Crippen LogP contribution in [-0.4, -0.2) is 39.3 Å². The molecule has 0 saturated heterocycles. The van der Waals surface area contributed by atoms with Crippen molar-refractivity contribution >= 4 is 38.9 Å². The summed E-state index contributed by atoms with van der Waals surface area (Å²) in [6.45, 7) is 4.11. The number of ether oxygens (including phenoxy) is 1. The highest BCUT2D eigenvalue weighted by Gasteiger charge is 2.18. The molecule has 3 aromatic rings. The number of halogens is 1. The molecule has 1 aromatic carbocycles. The molecule has 2 aromatic heterocycles. The number of hydrogen-bond donors (Lipinski definition) is 1. The van der Waals surface area contributed by atoms with E-state index in [0.717, 1.165) is 10.0 Å². The molecule has 0 aliphatic carbocycles. The van der Waals surface area contributed by atoms with Gasteiger partial charge in [0.1, 0.15) is 11.4 Å². The van der Waals surface area contributed by atoms with Crippen LogP contribution >= 0.6 is 15.9 Å². The molecule has 0 amide bonds.